The third-order valence-corrected chi connectivity index (χ3v) is 6.43. The second kappa shape index (κ2) is 8.24. The van der Waals surface area contributed by atoms with Gasteiger partial charge in [-0.3, -0.25) is 14.5 Å². The van der Waals surface area contributed by atoms with Gasteiger partial charge in [0.05, 0.1) is 5.92 Å². The molecule has 5 heteroatoms. The summed E-state index contributed by atoms with van der Waals surface area (Å²) in [6, 6.07) is 8.82. The van der Waals surface area contributed by atoms with Crippen molar-refractivity contribution in [2.24, 2.45) is 17.8 Å². The fourth-order valence-corrected chi connectivity index (χ4v) is 5.02. The van der Waals surface area contributed by atoms with Gasteiger partial charge < -0.3 is 10.2 Å². The summed E-state index contributed by atoms with van der Waals surface area (Å²) in [6.07, 6.45) is 3.88. The molecule has 4 rings (SSSR count). The van der Waals surface area contributed by atoms with Gasteiger partial charge in [0.1, 0.15) is 0 Å². The highest BCUT2D eigenvalue weighted by Crippen LogP contribution is 2.32. The number of carbonyl (C=O) groups excluding carboxylic acids is 2. The van der Waals surface area contributed by atoms with Gasteiger partial charge in [-0.05, 0) is 42.2 Å². The normalized spacial score (nSPS) is 28.6. The first-order valence-electron chi connectivity index (χ1n) is 10.9. The standard InChI is InChI=1S/C23H33N3O2/c1-16-9-17(2)13-25(12-16)14-19-6-4-3-5-18(19)11-24-23(28)20-10-22(27)26(15-20)21-7-8-21/h3-6,16-17,20-21H,7-15H2,1-2H3,(H,24,28)/t16-,17-,20+/m0/s1. The van der Waals surface area contributed by atoms with E-state index in [1.54, 1.807) is 0 Å². The van der Waals surface area contributed by atoms with Crippen LogP contribution in [0.2, 0.25) is 0 Å². The molecule has 2 saturated heterocycles. The van der Waals surface area contributed by atoms with E-state index >= 15 is 0 Å². The van der Waals surface area contributed by atoms with Gasteiger partial charge in [0.15, 0.2) is 0 Å². The zero-order valence-electron chi connectivity index (χ0n) is 17.2. The minimum Gasteiger partial charge on any atom is -0.352 e. The van der Waals surface area contributed by atoms with Gasteiger partial charge in [0, 0.05) is 45.2 Å². The average Bonchev–Trinajstić information content (AvgIpc) is 3.41. The predicted molar refractivity (Wildman–Crippen MR) is 109 cm³/mol. The number of benzene rings is 1. The molecule has 3 fully saturated rings. The lowest BCUT2D eigenvalue weighted by Crippen LogP contribution is -2.38. The van der Waals surface area contributed by atoms with Crippen LogP contribution in [0.25, 0.3) is 0 Å². The Hall–Kier alpha value is -1.88. The lowest BCUT2D eigenvalue weighted by atomic mass is 9.91. The quantitative estimate of drug-likeness (QED) is 0.822. The minimum absolute atomic E-state index is 0.0199. The van der Waals surface area contributed by atoms with Crippen LogP contribution in [0, 0.1) is 17.8 Å². The fraction of sp³-hybridized carbons (Fsp3) is 0.652. The molecule has 28 heavy (non-hydrogen) atoms. The molecule has 1 N–H and O–H groups in total. The van der Waals surface area contributed by atoms with Crippen molar-refractivity contribution in [1.82, 2.24) is 15.1 Å². The first-order chi connectivity index (χ1) is 13.5. The molecule has 152 valence electrons. The zero-order valence-corrected chi connectivity index (χ0v) is 17.2. The Kier molecular flexibility index (Phi) is 5.72. The summed E-state index contributed by atoms with van der Waals surface area (Å²) < 4.78 is 0. The molecular formula is C23H33N3O2. The van der Waals surface area contributed by atoms with E-state index in [1.807, 2.05) is 11.0 Å². The Morgan fingerprint density at radius 2 is 1.75 bits per heavy atom. The smallest absolute Gasteiger partial charge is 0.225 e. The summed E-state index contributed by atoms with van der Waals surface area (Å²) in [6.45, 7) is 9.05. The molecule has 2 aliphatic heterocycles. The number of nitrogens with one attached hydrogen (secondary N) is 1. The summed E-state index contributed by atoms with van der Waals surface area (Å²) >= 11 is 0. The second-order valence-electron chi connectivity index (χ2n) is 9.30. The van der Waals surface area contributed by atoms with Crippen LogP contribution < -0.4 is 5.32 Å². The second-order valence-corrected chi connectivity index (χ2v) is 9.30. The monoisotopic (exact) mass is 383 g/mol. The molecule has 1 saturated carbocycles. The SMILES string of the molecule is C[C@H]1C[C@H](C)CN(Cc2ccccc2CNC(=O)[C@@H]2CC(=O)N(C3CC3)C2)C1. The molecule has 0 bridgehead atoms. The van der Waals surface area contributed by atoms with Crippen molar-refractivity contribution in [2.75, 3.05) is 19.6 Å². The molecule has 2 amide bonds. The maximum atomic E-state index is 12.6. The van der Waals surface area contributed by atoms with Gasteiger partial charge in [-0.25, -0.2) is 0 Å². The lowest BCUT2D eigenvalue weighted by molar-refractivity contribution is -0.129. The predicted octanol–water partition coefficient (Wildman–Crippen LogP) is 2.79. The number of piperidine rings is 1. The van der Waals surface area contributed by atoms with Gasteiger partial charge in [-0.2, -0.15) is 0 Å². The largest absolute Gasteiger partial charge is 0.352 e. The molecule has 1 aromatic carbocycles. The Balaban J connectivity index is 1.33. The van der Waals surface area contributed by atoms with E-state index in [-0.39, 0.29) is 17.7 Å². The maximum Gasteiger partial charge on any atom is 0.225 e. The lowest BCUT2D eigenvalue weighted by Gasteiger charge is -2.35. The van der Waals surface area contributed by atoms with Crippen LogP contribution in [-0.2, 0) is 22.7 Å². The van der Waals surface area contributed by atoms with Crippen LogP contribution in [0.4, 0.5) is 0 Å². The molecule has 3 atom stereocenters. The van der Waals surface area contributed by atoms with Gasteiger partial charge in [-0.15, -0.1) is 0 Å². The highest BCUT2D eigenvalue weighted by atomic mass is 16.2. The third-order valence-electron chi connectivity index (χ3n) is 6.43. The molecule has 1 aliphatic carbocycles. The van der Waals surface area contributed by atoms with Crippen LogP contribution >= 0.6 is 0 Å². The fourth-order valence-electron chi connectivity index (χ4n) is 5.02. The number of carbonyl (C=O) groups is 2. The van der Waals surface area contributed by atoms with Crippen LogP contribution in [-0.4, -0.2) is 47.3 Å². The molecule has 0 aromatic heterocycles. The number of likely N-dealkylation sites (tertiary alicyclic amines) is 2. The molecule has 2 heterocycles. The van der Waals surface area contributed by atoms with E-state index in [2.05, 4.69) is 42.3 Å². The van der Waals surface area contributed by atoms with Gasteiger partial charge in [0.25, 0.3) is 0 Å². The summed E-state index contributed by atoms with van der Waals surface area (Å²) in [5, 5.41) is 3.10. The van der Waals surface area contributed by atoms with Crippen LogP contribution in [0.5, 0.6) is 0 Å². The van der Waals surface area contributed by atoms with Gasteiger partial charge >= 0.3 is 0 Å². The van der Waals surface area contributed by atoms with Crippen LogP contribution in [0.15, 0.2) is 24.3 Å². The highest BCUT2D eigenvalue weighted by molar-refractivity contribution is 5.89. The number of hydrogen-bond acceptors (Lipinski definition) is 3. The average molecular weight is 384 g/mol. The minimum atomic E-state index is -0.191. The van der Waals surface area contributed by atoms with Crippen LogP contribution in [0.1, 0.15) is 50.7 Å². The van der Waals surface area contributed by atoms with E-state index in [0.717, 1.165) is 44.3 Å². The summed E-state index contributed by atoms with van der Waals surface area (Å²) in [4.78, 5) is 29.2. The van der Waals surface area contributed by atoms with E-state index < -0.39 is 0 Å². The van der Waals surface area contributed by atoms with Crippen molar-refractivity contribution in [3.8, 4) is 0 Å². The first kappa shape index (κ1) is 19.4. The molecule has 1 aromatic rings. The van der Waals surface area contributed by atoms with Crippen molar-refractivity contribution >= 4 is 11.8 Å². The number of nitrogens with zero attached hydrogens (tertiary/aromatic N) is 2. The number of hydrogen-bond donors (Lipinski definition) is 1. The summed E-state index contributed by atoms with van der Waals surface area (Å²) in [5.74, 6) is 1.46. The van der Waals surface area contributed by atoms with E-state index in [1.165, 1.54) is 17.5 Å². The van der Waals surface area contributed by atoms with Gasteiger partial charge in [0.2, 0.25) is 11.8 Å². The van der Waals surface area contributed by atoms with Crippen molar-refractivity contribution < 1.29 is 9.59 Å². The Bertz CT molecular complexity index is 720. The highest BCUT2D eigenvalue weighted by Gasteiger charge is 2.41. The number of rotatable bonds is 6. The van der Waals surface area contributed by atoms with Crippen LogP contribution in [0.3, 0.4) is 0 Å². The zero-order chi connectivity index (χ0) is 19.7. The van der Waals surface area contributed by atoms with Crippen molar-refractivity contribution in [1.29, 1.82) is 0 Å². The summed E-state index contributed by atoms with van der Waals surface area (Å²) in [7, 11) is 0. The first-order valence-corrected chi connectivity index (χ1v) is 10.9. The molecule has 0 unspecified atom stereocenters. The molecule has 0 spiro atoms. The van der Waals surface area contributed by atoms with Crippen molar-refractivity contribution in [2.45, 2.75) is 58.7 Å². The molecule has 5 nitrogen and oxygen atoms in total. The molecular weight excluding hydrogens is 350 g/mol. The molecule has 0 radical (unpaired) electrons. The van der Waals surface area contributed by atoms with E-state index in [0.29, 0.717) is 25.6 Å². The van der Waals surface area contributed by atoms with E-state index in [9.17, 15) is 9.59 Å². The Morgan fingerprint density at radius 3 is 2.43 bits per heavy atom. The van der Waals surface area contributed by atoms with Gasteiger partial charge in [-0.1, -0.05) is 38.1 Å². The number of amides is 2. The summed E-state index contributed by atoms with van der Waals surface area (Å²) in [5.41, 5.74) is 2.48. The Morgan fingerprint density at radius 1 is 1.07 bits per heavy atom. The van der Waals surface area contributed by atoms with Crippen molar-refractivity contribution in [3.05, 3.63) is 35.4 Å². The topological polar surface area (TPSA) is 52.7 Å². The molecule has 3 aliphatic rings. The third kappa shape index (κ3) is 4.57. The van der Waals surface area contributed by atoms with Crippen molar-refractivity contribution in [3.63, 3.8) is 0 Å². The maximum absolute atomic E-state index is 12.6. The Labute approximate surface area is 168 Å². The van der Waals surface area contributed by atoms with E-state index in [4.69, 9.17) is 0 Å².